The summed E-state index contributed by atoms with van der Waals surface area (Å²) in [6.07, 6.45) is 4.80. The maximum atomic E-state index is 4.10. The molecular weight excluding hydrogens is 206 g/mol. The lowest BCUT2D eigenvalue weighted by Gasteiger charge is -1.96. The SMILES string of the molecule is C[NH+]=C(S)NNC=CCc1ccccc1. The molecule has 0 saturated heterocycles. The number of thiol groups is 1. The number of amidine groups is 1. The molecule has 0 aromatic heterocycles. The molecule has 0 spiro atoms. The van der Waals surface area contributed by atoms with E-state index in [1.165, 1.54) is 5.56 Å². The first kappa shape index (κ1) is 11.7. The van der Waals surface area contributed by atoms with Crippen molar-refractivity contribution in [1.29, 1.82) is 0 Å². The van der Waals surface area contributed by atoms with Gasteiger partial charge in [0.15, 0.2) is 0 Å². The Morgan fingerprint density at radius 3 is 2.80 bits per heavy atom. The van der Waals surface area contributed by atoms with Gasteiger partial charge in [0.25, 0.3) is 0 Å². The molecule has 0 amide bonds. The van der Waals surface area contributed by atoms with Crippen molar-refractivity contribution in [1.82, 2.24) is 10.9 Å². The standard InChI is InChI=1S/C11H15N3S/c1-12-11(15)14-13-9-5-8-10-6-3-2-4-7-10/h2-7,9,13H,8H2,1H3,(H2,12,14,15)/p+1. The molecule has 1 aromatic carbocycles. The summed E-state index contributed by atoms with van der Waals surface area (Å²) in [5, 5.41) is 0.680. The van der Waals surface area contributed by atoms with Crippen molar-refractivity contribution in [2.75, 3.05) is 7.05 Å². The maximum Gasteiger partial charge on any atom is 0.324 e. The fourth-order valence-corrected chi connectivity index (χ4v) is 1.11. The predicted molar refractivity (Wildman–Crippen MR) is 66.4 cm³/mol. The Balaban J connectivity index is 2.23. The number of nitrogens with one attached hydrogen (secondary N) is 3. The number of hydrogen-bond acceptors (Lipinski definition) is 1. The van der Waals surface area contributed by atoms with Gasteiger partial charge in [0, 0.05) is 6.20 Å². The Morgan fingerprint density at radius 1 is 1.40 bits per heavy atom. The van der Waals surface area contributed by atoms with E-state index in [4.69, 9.17) is 0 Å². The molecule has 0 atom stereocenters. The van der Waals surface area contributed by atoms with Crippen LogP contribution >= 0.6 is 12.6 Å². The van der Waals surface area contributed by atoms with Gasteiger partial charge in [-0.2, -0.15) is 5.43 Å². The van der Waals surface area contributed by atoms with Gasteiger partial charge in [0.05, 0.1) is 7.05 Å². The van der Waals surface area contributed by atoms with E-state index < -0.39 is 0 Å². The molecule has 0 aliphatic rings. The number of rotatable bonds is 4. The zero-order chi connectivity index (χ0) is 10.9. The Bertz CT molecular complexity index is 333. The van der Waals surface area contributed by atoms with Gasteiger partial charge in [-0.1, -0.05) is 49.0 Å². The molecule has 3 N–H and O–H groups in total. The van der Waals surface area contributed by atoms with Crippen LogP contribution in [0.1, 0.15) is 5.56 Å². The van der Waals surface area contributed by atoms with Crippen molar-refractivity contribution in [3.05, 3.63) is 48.2 Å². The van der Waals surface area contributed by atoms with Crippen LogP contribution in [0.2, 0.25) is 0 Å². The van der Waals surface area contributed by atoms with Crippen LogP contribution < -0.4 is 15.8 Å². The third-order valence-electron chi connectivity index (χ3n) is 1.82. The fraction of sp³-hybridized carbons (Fsp3) is 0.182. The van der Waals surface area contributed by atoms with Crippen molar-refractivity contribution in [2.24, 2.45) is 0 Å². The first-order valence-electron chi connectivity index (χ1n) is 4.77. The third kappa shape index (κ3) is 5.12. The zero-order valence-corrected chi connectivity index (χ0v) is 9.59. The topological polar surface area (TPSA) is 38.0 Å². The molecule has 0 bridgehead atoms. The molecule has 15 heavy (non-hydrogen) atoms. The second-order valence-corrected chi connectivity index (χ2v) is 3.41. The van der Waals surface area contributed by atoms with E-state index in [-0.39, 0.29) is 0 Å². The second-order valence-electron chi connectivity index (χ2n) is 2.96. The fourth-order valence-electron chi connectivity index (χ4n) is 1.04. The van der Waals surface area contributed by atoms with Gasteiger partial charge >= 0.3 is 5.17 Å². The van der Waals surface area contributed by atoms with E-state index in [1.807, 2.05) is 30.5 Å². The molecule has 1 rings (SSSR count). The molecule has 80 valence electrons. The number of allylic oxidation sites excluding steroid dienone is 1. The smallest absolute Gasteiger partial charge is 0.270 e. The average Bonchev–Trinajstić information content (AvgIpc) is 2.29. The van der Waals surface area contributed by atoms with Gasteiger partial charge < -0.3 is 0 Å². The summed E-state index contributed by atoms with van der Waals surface area (Å²) < 4.78 is 0. The molecule has 1 aromatic rings. The molecule has 0 fully saturated rings. The average molecular weight is 222 g/mol. The second kappa shape index (κ2) is 6.95. The highest BCUT2D eigenvalue weighted by Gasteiger charge is 1.91. The summed E-state index contributed by atoms with van der Waals surface area (Å²) in [6, 6.07) is 10.3. The summed E-state index contributed by atoms with van der Waals surface area (Å²) in [5.41, 5.74) is 7.04. The summed E-state index contributed by atoms with van der Waals surface area (Å²) in [5.74, 6) is 0. The molecule has 0 aliphatic heterocycles. The van der Waals surface area contributed by atoms with E-state index in [9.17, 15) is 0 Å². The van der Waals surface area contributed by atoms with Crippen LogP contribution in [0.25, 0.3) is 0 Å². The van der Waals surface area contributed by atoms with Crippen molar-refractivity contribution in [3.63, 3.8) is 0 Å². The molecule has 0 unspecified atom stereocenters. The Hall–Kier alpha value is -1.42. The van der Waals surface area contributed by atoms with Gasteiger partial charge in [-0.25, -0.2) is 5.43 Å². The Kier molecular flexibility index (Phi) is 5.40. The van der Waals surface area contributed by atoms with Gasteiger partial charge in [-0.3, -0.25) is 4.99 Å². The van der Waals surface area contributed by atoms with Gasteiger partial charge in [0.2, 0.25) is 0 Å². The summed E-state index contributed by atoms with van der Waals surface area (Å²) in [7, 11) is 1.80. The highest BCUT2D eigenvalue weighted by molar-refractivity contribution is 7.96. The lowest BCUT2D eigenvalue weighted by atomic mass is 10.1. The van der Waals surface area contributed by atoms with Gasteiger partial charge in [-0.15, -0.1) is 0 Å². The summed E-state index contributed by atoms with van der Waals surface area (Å²) in [6.45, 7) is 0. The van der Waals surface area contributed by atoms with Crippen LogP contribution in [-0.4, -0.2) is 12.2 Å². The number of hydrogen-bond donors (Lipinski definition) is 4. The molecular formula is C11H16N3S+. The van der Waals surface area contributed by atoms with Crippen molar-refractivity contribution < 1.29 is 4.99 Å². The lowest BCUT2D eigenvalue weighted by molar-refractivity contribution is -0.418. The first-order valence-corrected chi connectivity index (χ1v) is 5.22. The van der Waals surface area contributed by atoms with E-state index in [1.54, 1.807) is 7.05 Å². The normalized spacial score (nSPS) is 11.7. The molecule has 4 heteroatoms. The van der Waals surface area contributed by atoms with Crippen LogP contribution in [0.4, 0.5) is 0 Å². The van der Waals surface area contributed by atoms with Crippen LogP contribution in [-0.2, 0) is 6.42 Å². The minimum absolute atomic E-state index is 0.680. The van der Waals surface area contributed by atoms with E-state index >= 15 is 0 Å². The van der Waals surface area contributed by atoms with E-state index in [2.05, 4.69) is 40.6 Å². The van der Waals surface area contributed by atoms with Crippen LogP contribution in [0.5, 0.6) is 0 Å². The van der Waals surface area contributed by atoms with Crippen molar-refractivity contribution in [3.8, 4) is 0 Å². The summed E-state index contributed by atoms with van der Waals surface area (Å²) >= 11 is 4.10. The van der Waals surface area contributed by atoms with Crippen molar-refractivity contribution in [2.45, 2.75) is 6.42 Å². The highest BCUT2D eigenvalue weighted by Crippen LogP contribution is 1.99. The van der Waals surface area contributed by atoms with Crippen LogP contribution in [0.3, 0.4) is 0 Å². The zero-order valence-electron chi connectivity index (χ0n) is 8.70. The summed E-state index contributed by atoms with van der Waals surface area (Å²) in [4.78, 5) is 2.85. The molecule has 0 heterocycles. The number of hydrazine groups is 1. The third-order valence-corrected chi connectivity index (χ3v) is 2.16. The van der Waals surface area contributed by atoms with Crippen LogP contribution in [0.15, 0.2) is 42.6 Å². The van der Waals surface area contributed by atoms with Crippen molar-refractivity contribution >= 4 is 17.8 Å². The lowest BCUT2D eigenvalue weighted by Crippen LogP contribution is -2.71. The minimum Gasteiger partial charge on any atom is -0.270 e. The quantitative estimate of drug-likeness (QED) is 0.247. The van der Waals surface area contributed by atoms with Gasteiger partial charge in [-0.05, 0) is 12.0 Å². The number of benzene rings is 1. The van der Waals surface area contributed by atoms with E-state index in [0.29, 0.717) is 5.17 Å². The molecule has 3 nitrogen and oxygen atoms in total. The first-order chi connectivity index (χ1) is 7.33. The van der Waals surface area contributed by atoms with Gasteiger partial charge in [0.1, 0.15) is 0 Å². The largest absolute Gasteiger partial charge is 0.324 e. The molecule has 0 aliphatic carbocycles. The Morgan fingerprint density at radius 2 is 2.13 bits per heavy atom. The predicted octanol–water partition coefficient (Wildman–Crippen LogP) is -0.167. The molecule has 0 radical (unpaired) electrons. The maximum absolute atomic E-state index is 4.10. The minimum atomic E-state index is 0.680. The highest BCUT2D eigenvalue weighted by atomic mass is 32.1. The monoisotopic (exact) mass is 222 g/mol. The van der Waals surface area contributed by atoms with Crippen LogP contribution in [0, 0.1) is 0 Å². The Labute approximate surface area is 95.7 Å². The van der Waals surface area contributed by atoms with E-state index in [0.717, 1.165) is 6.42 Å². The molecule has 0 saturated carbocycles.